The van der Waals surface area contributed by atoms with Gasteiger partial charge in [0.25, 0.3) is 0 Å². The van der Waals surface area contributed by atoms with Crippen molar-refractivity contribution in [2.75, 3.05) is 36.9 Å². The number of hydrogen-bond acceptors (Lipinski definition) is 6. The lowest BCUT2D eigenvalue weighted by Gasteiger charge is -2.29. The molecule has 0 saturated carbocycles. The van der Waals surface area contributed by atoms with E-state index in [1.807, 2.05) is 6.33 Å². The molecule has 3 rings (SSSR count). The molecule has 0 radical (unpaired) electrons. The zero-order valence-corrected chi connectivity index (χ0v) is 13.7. The second-order valence-corrected chi connectivity index (χ2v) is 6.87. The van der Waals surface area contributed by atoms with Crippen molar-refractivity contribution in [2.24, 2.45) is 5.41 Å². The topological polar surface area (TPSA) is 82.1 Å². The van der Waals surface area contributed by atoms with Crippen LogP contribution >= 0.6 is 0 Å². The smallest absolute Gasteiger partial charge is 0.229 e. The Bertz CT molecular complexity index is 668. The van der Waals surface area contributed by atoms with E-state index < -0.39 is 0 Å². The predicted molar refractivity (Wildman–Crippen MR) is 86.9 cm³/mol. The number of ether oxygens (including phenoxy) is 1. The van der Waals surface area contributed by atoms with Gasteiger partial charge in [-0.05, 0) is 12.3 Å². The number of fused-ring (bicyclic) bond motifs is 1. The molecule has 1 fully saturated rings. The number of imidazole rings is 1. The van der Waals surface area contributed by atoms with Gasteiger partial charge in [0.2, 0.25) is 5.95 Å². The number of nitrogens with two attached hydrogens (primary N) is 1. The highest BCUT2D eigenvalue weighted by Gasteiger charge is 2.25. The van der Waals surface area contributed by atoms with E-state index in [4.69, 9.17) is 15.5 Å². The Labute approximate surface area is 130 Å². The highest BCUT2D eigenvalue weighted by molar-refractivity contribution is 5.83. The SMILES string of the molecule is CC(n1cnc2c(N)nc(N3CCOCC3)nc21)C(C)(C)C. The zero-order valence-electron chi connectivity index (χ0n) is 13.7. The predicted octanol–water partition coefficient (Wildman–Crippen LogP) is 1.85. The summed E-state index contributed by atoms with van der Waals surface area (Å²) in [5.74, 6) is 1.10. The molecule has 1 aliphatic heterocycles. The molecule has 1 aliphatic rings. The molecule has 1 atom stereocenters. The van der Waals surface area contributed by atoms with Crippen LogP contribution in [0.1, 0.15) is 33.7 Å². The summed E-state index contributed by atoms with van der Waals surface area (Å²) < 4.78 is 7.48. The first kappa shape index (κ1) is 15.0. The van der Waals surface area contributed by atoms with E-state index in [2.05, 4.69) is 47.1 Å². The third kappa shape index (κ3) is 2.61. The number of nitrogen functional groups attached to an aromatic ring is 1. The molecule has 0 spiro atoms. The summed E-state index contributed by atoms with van der Waals surface area (Å²) in [5.41, 5.74) is 7.68. The monoisotopic (exact) mass is 304 g/mol. The maximum Gasteiger partial charge on any atom is 0.229 e. The fourth-order valence-electron chi connectivity index (χ4n) is 2.53. The lowest BCUT2D eigenvalue weighted by atomic mass is 9.88. The quantitative estimate of drug-likeness (QED) is 0.912. The number of morpholine rings is 1. The number of hydrogen-bond donors (Lipinski definition) is 1. The van der Waals surface area contributed by atoms with Crippen molar-refractivity contribution in [3.05, 3.63) is 6.33 Å². The van der Waals surface area contributed by atoms with Crippen molar-refractivity contribution in [1.82, 2.24) is 19.5 Å². The highest BCUT2D eigenvalue weighted by Crippen LogP contribution is 2.33. The van der Waals surface area contributed by atoms with Gasteiger partial charge in [-0.1, -0.05) is 20.8 Å². The Morgan fingerprint density at radius 3 is 2.55 bits per heavy atom. The van der Waals surface area contributed by atoms with Crippen molar-refractivity contribution in [3.63, 3.8) is 0 Å². The van der Waals surface area contributed by atoms with Crippen LogP contribution < -0.4 is 10.6 Å². The second kappa shape index (κ2) is 5.39. The van der Waals surface area contributed by atoms with Gasteiger partial charge in [0.15, 0.2) is 11.5 Å². The number of anilines is 2. The van der Waals surface area contributed by atoms with E-state index in [0.717, 1.165) is 18.7 Å². The summed E-state index contributed by atoms with van der Waals surface area (Å²) in [6, 6.07) is 0.254. The van der Waals surface area contributed by atoms with Crippen LogP contribution in [-0.4, -0.2) is 45.8 Å². The van der Waals surface area contributed by atoms with Gasteiger partial charge in [0.1, 0.15) is 5.52 Å². The van der Waals surface area contributed by atoms with Gasteiger partial charge in [-0.2, -0.15) is 9.97 Å². The molecule has 3 heterocycles. The minimum absolute atomic E-state index is 0.104. The second-order valence-electron chi connectivity index (χ2n) is 6.87. The minimum Gasteiger partial charge on any atom is -0.382 e. The molecule has 0 aliphatic carbocycles. The largest absolute Gasteiger partial charge is 0.382 e. The molecule has 0 bridgehead atoms. The molecule has 7 heteroatoms. The van der Waals surface area contributed by atoms with E-state index in [9.17, 15) is 0 Å². The average Bonchev–Trinajstić information content (AvgIpc) is 2.90. The van der Waals surface area contributed by atoms with E-state index in [0.29, 0.717) is 30.5 Å². The van der Waals surface area contributed by atoms with Crippen LogP contribution in [0.3, 0.4) is 0 Å². The summed E-state index contributed by atoms with van der Waals surface area (Å²) in [6.07, 6.45) is 1.81. The molecular formula is C15H24N6O. The molecule has 0 amide bonds. The molecule has 22 heavy (non-hydrogen) atoms. The summed E-state index contributed by atoms with van der Waals surface area (Å²) in [6.45, 7) is 11.7. The summed E-state index contributed by atoms with van der Waals surface area (Å²) >= 11 is 0. The van der Waals surface area contributed by atoms with Crippen LogP contribution in [-0.2, 0) is 4.74 Å². The van der Waals surface area contributed by atoms with Crippen molar-refractivity contribution < 1.29 is 4.74 Å². The Balaban J connectivity index is 2.07. The summed E-state index contributed by atoms with van der Waals surface area (Å²) in [7, 11) is 0. The van der Waals surface area contributed by atoms with Gasteiger partial charge in [0, 0.05) is 19.1 Å². The first-order valence-electron chi connectivity index (χ1n) is 7.70. The molecule has 0 aromatic carbocycles. The third-order valence-electron chi connectivity index (χ3n) is 4.40. The van der Waals surface area contributed by atoms with Gasteiger partial charge in [-0.3, -0.25) is 0 Å². The highest BCUT2D eigenvalue weighted by atomic mass is 16.5. The molecule has 2 aromatic rings. The van der Waals surface area contributed by atoms with Gasteiger partial charge in [0.05, 0.1) is 19.5 Å². The van der Waals surface area contributed by atoms with Crippen LogP contribution in [0.15, 0.2) is 6.33 Å². The fourth-order valence-corrected chi connectivity index (χ4v) is 2.53. The Hall–Kier alpha value is -1.89. The maximum atomic E-state index is 6.10. The van der Waals surface area contributed by atoms with E-state index in [1.165, 1.54) is 0 Å². The van der Waals surface area contributed by atoms with Gasteiger partial charge < -0.3 is 19.9 Å². The van der Waals surface area contributed by atoms with E-state index in [1.54, 1.807) is 0 Å². The number of aromatic nitrogens is 4. The van der Waals surface area contributed by atoms with Crippen LogP contribution in [0.4, 0.5) is 11.8 Å². The third-order valence-corrected chi connectivity index (χ3v) is 4.40. The molecule has 7 nitrogen and oxygen atoms in total. The van der Waals surface area contributed by atoms with Gasteiger partial charge in [-0.15, -0.1) is 0 Å². The van der Waals surface area contributed by atoms with Gasteiger partial charge in [-0.25, -0.2) is 4.98 Å². The van der Waals surface area contributed by atoms with Crippen molar-refractivity contribution >= 4 is 22.9 Å². The Morgan fingerprint density at radius 1 is 1.23 bits per heavy atom. The lowest BCUT2D eigenvalue weighted by molar-refractivity contribution is 0.122. The van der Waals surface area contributed by atoms with Crippen molar-refractivity contribution in [2.45, 2.75) is 33.7 Å². The molecule has 1 unspecified atom stereocenters. The maximum absolute atomic E-state index is 6.10. The van der Waals surface area contributed by atoms with Crippen LogP contribution in [0, 0.1) is 5.41 Å². The molecule has 120 valence electrons. The van der Waals surface area contributed by atoms with Crippen molar-refractivity contribution in [3.8, 4) is 0 Å². The minimum atomic E-state index is 0.104. The number of rotatable bonds is 2. The first-order valence-corrected chi connectivity index (χ1v) is 7.70. The lowest BCUT2D eigenvalue weighted by Crippen LogP contribution is -2.37. The Morgan fingerprint density at radius 2 is 1.91 bits per heavy atom. The van der Waals surface area contributed by atoms with Crippen LogP contribution in [0.25, 0.3) is 11.2 Å². The van der Waals surface area contributed by atoms with E-state index in [-0.39, 0.29) is 11.5 Å². The standard InChI is InChI=1S/C15H24N6O/c1-10(15(2,3)4)21-9-17-11-12(16)18-14(19-13(11)21)20-5-7-22-8-6-20/h9-10H,5-8H2,1-4H3,(H2,16,18,19). The van der Waals surface area contributed by atoms with E-state index >= 15 is 0 Å². The number of nitrogens with zero attached hydrogens (tertiary/aromatic N) is 5. The average molecular weight is 304 g/mol. The van der Waals surface area contributed by atoms with Gasteiger partial charge >= 0.3 is 0 Å². The van der Waals surface area contributed by atoms with Crippen LogP contribution in [0.2, 0.25) is 0 Å². The summed E-state index contributed by atoms with van der Waals surface area (Å²) in [5, 5.41) is 0. The Kier molecular flexibility index (Phi) is 3.68. The fraction of sp³-hybridized carbons (Fsp3) is 0.667. The summed E-state index contributed by atoms with van der Waals surface area (Å²) in [4.78, 5) is 15.7. The molecule has 2 N–H and O–H groups in total. The normalized spacial score (nSPS) is 17.9. The zero-order chi connectivity index (χ0) is 15.9. The molecular weight excluding hydrogens is 280 g/mol. The first-order chi connectivity index (χ1) is 10.4. The molecule has 1 saturated heterocycles. The van der Waals surface area contributed by atoms with Crippen molar-refractivity contribution in [1.29, 1.82) is 0 Å². The van der Waals surface area contributed by atoms with Crippen LogP contribution in [0.5, 0.6) is 0 Å². The molecule has 2 aromatic heterocycles.